The van der Waals surface area contributed by atoms with Gasteiger partial charge in [0, 0.05) is 17.2 Å². The van der Waals surface area contributed by atoms with E-state index in [0.29, 0.717) is 11.3 Å². The van der Waals surface area contributed by atoms with E-state index in [1.165, 1.54) is 0 Å². The van der Waals surface area contributed by atoms with Crippen LogP contribution in [0.15, 0.2) is 29.1 Å². The van der Waals surface area contributed by atoms with Crippen LogP contribution in [-0.2, 0) is 4.79 Å². The molecule has 0 saturated carbocycles. The van der Waals surface area contributed by atoms with Gasteiger partial charge in [-0.1, -0.05) is 19.9 Å². The van der Waals surface area contributed by atoms with Crippen molar-refractivity contribution in [3.8, 4) is 0 Å². The van der Waals surface area contributed by atoms with E-state index < -0.39 is 0 Å². The molecule has 0 atom stereocenters. The van der Waals surface area contributed by atoms with Crippen molar-refractivity contribution in [1.82, 2.24) is 4.98 Å². The first kappa shape index (κ1) is 12.4. The van der Waals surface area contributed by atoms with Gasteiger partial charge in [0.2, 0.25) is 5.91 Å². The maximum absolute atomic E-state index is 11.6. The van der Waals surface area contributed by atoms with E-state index in [2.05, 4.69) is 10.3 Å². The van der Waals surface area contributed by atoms with E-state index in [9.17, 15) is 9.59 Å². The number of carbonyl (C=O) groups excluding carboxylic acids is 1. The van der Waals surface area contributed by atoms with Crippen LogP contribution in [0.5, 0.6) is 0 Å². The Morgan fingerprint density at radius 3 is 2.67 bits per heavy atom. The fourth-order valence-corrected chi connectivity index (χ4v) is 1.67. The average molecular weight is 244 g/mol. The highest BCUT2D eigenvalue weighted by Crippen LogP contribution is 2.17. The number of amides is 1. The SMILES string of the molecule is Cc1cc2ccc(NC(=O)C(C)C)cc2[nH]c1=O. The van der Waals surface area contributed by atoms with Crippen molar-refractivity contribution >= 4 is 22.5 Å². The summed E-state index contributed by atoms with van der Waals surface area (Å²) in [5, 5.41) is 3.76. The third-order valence-corrected chi connectivity index (χ3v) is 2.82. The topological polar surface area (TPSA) is 62.0 Å². The van der Waals surface area contributed by atoms with Crippen molar-refractivity contribution in [3.63, 3.8) is 0 Å². The van der Waals surface area contributed by atoms with Gasteiger partial charge in [-0.2, -0.15) is 0 Å². The lowest BCUT2D eigenvalue weighted by Gasteiger charge is -2.08. The van der Waals surface area contributed by atoms with Gasteiger partial charge < -0.3 is 10.3 Å². The molecular weight excluding hydrogens is 228 g/mol. The highest BCUT2D eigenvalue weighted by Gasteiger charge is 2.07. The average Bonchev–Trinajstić information content (AvgIpc) is 2.31. The molecule has 4 nitrogen and oxygen atoms in total. The molecule has 1 heterocycles. The van der Waals surface area contributed by atoms with Crippen molar-refractivity contribution in [2.24, 2.45) is 5.92 Å². The van der Waals surface area contributed by atoms with Crippen LogP contribution in [0.3, 0.4) is 0 Å². The molecule has 0 aliphatic rings. The Labute approximate surface area is 105 Å². The summed E-state index contributed by atoms with van der Waals surface area (Å²) >= 11 is 0. The summed E-state index contributed by atoms with van der Waals surface area (Å²) in [6.45, 7) is 5.44. The molecule has 1 aromatic carbocycles. The number of pyridine rings is 1. The normalized spacial score (nSPS) is 10.9. The summed E-state index contributed by atoms with van der Waals surface area (Å²) in [6.07, 6.45) is 0. The predicted molar refractivity (Wildman–Crippen MR) is 72.8 cm³/mol. The molecule has 2 rings (SSSR count). The smallest absolute Gasteiger partial charge is 0.251 e. The minimum Gasteiger partial charge on any atom is -0.326 e. The summed E-state index contributed by atoms with van der Waals surface area (Å²) in [5.74, 6) is -0.110. The summed E-state index contributed by atoms with van der Waals surface area (Å²) < 4.78 is 0. The van der Waals surface area contributed by atoms with Crippen molar-refractivity contribution < 1.29 is 4.79 Å². The Morgan fingerprint density at radius 2 is 2.00 bits per heavy atom. The molecule has 0 fully saturated rings. The Kier molecular flexibility index (Phi) is 3.19. The second kappa shape index (κ2) is 4.64. The zero-order chi connectivity index (χ0) is 13.3. The fourth-order valence-electron chi connectivity index (χ4n) is 1.67. The van der Waals surface area contributed by atoms with Crippen LogP contribution in [0.1, 0.15) is 19.4 Å². The van der Waals surface area contributed by atoms with Gasteiger partial charge in [0.1, 0.15) is 0 Å². The van der Waals surface area contributed by atoms with Crippen LogP contribution in [0.4, 0.5) is 5.69 Å². The second-order valence-electron chi connectivity index (χ2n) is 4.73. The van der Waals surface area contributed by atoms with Gasteiger partial charge in [-0.05, 0) is 30.5 Å². The van der Waals surface area contributed by atoms with Gasteiger partial charge in [-0.3, -0.25) is 9.59 Å². The summed E-state index contributed by atoms with van der Waals surface area (Å²) in [6, 6.07) is 7.33. The third-order valence-electron chi connectivity index (χ3n) is 2.82. The largest absolute Gasteiger partial charge is 0.326 e. The van der Waals surface area contributed by atoms with E-state index in [-0.39, 0.29) is 17.4 Å². The summed E-state index contributed by atoms with van der Waals surface area (Å²) in [4.78, 5) is 25.9. The molecule has 0 unspecified atom stereocenters. The molecule has 0 aliphatic heterocycles. The molecule has 4 heteroatoms. The highest BCUT2D eigenvalue weighted by molar-refractivity contribution is 5.94. The number of H-pyrrole nitrogens is 1. The number of hydrogen-bond donors (Lipinski definition) is 2. The Bertz CT molecular complexity index is 656. The molecule has 1 amide bonds. The quantitative estimate of drug-likeness (QED) is 0.852. The number of aromatic amines is 1. The van der Waals surface area contributed by atoms with Crippen molar-refractivity contribution in [1.29, 1.82) is 0 Å². The molecule has 0 aliphatic carbocycles. The van der Waals surface area contributed by atoms with Gasteiger partial charge in [-0.25, -0.2) is 0 Å². The third kappa shape index (κ3) is 2.42. The number of aromatic nitrogens is 1. The Morgan fingerprint density at radius 1 is 1.28 bits per heavy atom. The highest BCUT2D eigenvalue weighted by atomic mass is 16.1. The molecule has 2 N–H and O–H groups in total. The summed E-state index contributed by atoms with van der Waals surface area (Å²) in [7, 11) is 0. The minimum absolute atomic E-state index is 0.0381. The van der Waals surface area contributed by atoms with Crippen molar-refractivity contribution in [2.45, 2.75) is 20.8 Å². The van der Waals surface area contributed by atoms with E-state index in [1.807, 2.05) is 32.0 Å². The van der Waals surface area contributed by atoms with Gasteiger partial charge in [0.05, 0.1) is 5.52 Å². The monoisotopic (exact) mass is 244 g/mol. The zero-order valence-corrected chi connectivity index (χ0v) is 10.7. The molecule has 0 saturated heterocycles. The van der Waals surface area contributed by atoms with Gasteiger partial charge in [0.15, 0.2) is 0 Å². The molecule has 94 valence electrons. The van der Waals surface area contributed by atoms with Crippen LogP contribution >= 0.6 is 0 Å². The lowest BCUT2D eigenvalue weighted by molar-refractivity contribution is -0.118. The first-order valence-electron chi connectivity index (χ1n) is 5.92. The summed E-state index contributed by atoms with van der Waals surface area (Å²) in [5.41, 5.74) is 2.00. The van der Waals surface area contributed by atoms with Crippen LogP contribution in [-0.4, -0.2) is 10.9 Å². The second-order valence-corrected chi connectivity index (χ2v) is 4.73. The maximum Gasteiger partial charge on any atom is 0.251 e. The van der Waals surface area contributed by atoms with E-state index in [4.69, 9.17) is 0 Å². The number of fused-ring (bicyclic) bond motifs is 1. The number of benzene rings is 1. The lowest BCUT2D eigenvalue weighted by Crippen LogP contribution is -2.17. The molecule has 0 bridgehead atoms. The standard InChI is InChI=1S/C14H16N2O2/c1-8(2)13(17)15-11-5-4-10-6-9(3)14(18)16-12(10)7-11/h4-8H,1-3H3,(H,15,17)(H,16,18). The first-order chi connectivity index (χ1) is 8.47. The molecule has 1 aromatic heterocycles. The zero-order valence-electron chi connectivity index (χ0n) is 10.7. The number of carbonyl (C=O) groups is 1. The fraction of sp³-hybridized carbons (Fsp3) is 0.286. The van der Waals surface area contributed by atoms with Crippen molar-refractivity contribution in [2.75, 3.05) is 5.32 Å². The number of hydrogen-bond acceptors (Lipinski definition) is 2. The maximum atomic E-state index is 11.6. The van der Waals surface area contributed by atoms with Gasteiger partial charge in [0.25, 0.3) is 5.56 Å². The number of nitrogens with one attached hydrogen (secondary N) is 2. The van der Waals surface area contributed by atoms with Crippen LogP contribution < -0.4 is 10.9 Å². The van der Waals surface area contributed by atoms with E-state index >= 15 is 0 Å². The lowest BCUT2D eigenvalue weighted by atomic mass is 10.1. The Balaban J connectivity index is 2.41. The first-order valence-corrected chi connectivity index (χ1v) is 5.92. The molecular formula is C14H16N2O2. The van der Waals surface area contributed by atoms with Gasteiger partial charge in [-0.15, -0.1) is 0 Å². The molecule has 2 aromatic rings. The molecule has 0 radical (unpaired) electrons. The molecule has 18 heavy (non-hydrogen) atoms. The van der Waals surface area contributed by atoms with Gasteiger partial charge >= 0.3 is 0 Å². The van der Waals surface area contributed by atoms with Crippen molar-refractivity contribution in [3.05, 3.63) is 40.2 Å². The van der Waals surface area contributed by atoms with Crippen LogP contribution in [0.25, 0.3) is 10.9 Å². The number of anilines is 1. The number of aryl methyl sites for hydroxylation is 1. The molecule has 0 spiro atoms. The minimum atomic E-state index is -0.102. The van der Waals surface area contributed by atoms with E-state index in [0.717, 1.165) is 10.9 Å². The van der Waals surface area contributed by atoms with Crippen LogP contribution in [0.2, 0.25) is 0 Å². The predicted octanol–water partition coefficient (Wildman–Crippen LogP) is 2.43. The van der Waals surface area contributed by atoms with Crippen LogP contribution in [0, 0.1) is 12.8 Å². The van der Waals surface area contributed by atoms with E-state index in [1.54, 1.807) is 13.0 Å². The number of rotatable bonds is 2. The Hall–Kier alpha value is -2.10.